The van der Waals surface area contributed by atoms with E-state index in [-0.39, 0.29) is 425 Å². The third-order valence-electron chi connectivity index (χ3n) is 18.8. The standard InChI is InChI=1S/C18H20.4C16H18.2C14H14.13Y/c1-7-15-13(5)14(6)16(8-2)18-10-12(4)11(3)9-17(15)18;2*1-7-13-9-16(12(5)6)14(8-2)10-15(13)11(3)4;2*1-5-9-15-11-14(8-4)16(10-6-2)12-13(15)7-3;2*1-5-11-9-13(7-3)14(8-4)10-12(11)6-2;;;;;;;;;;;;;/h5-6,9-10H,7-8H2,1-4H3;2*3,5H,7-8H2,1-2,4,6H3;2*9-10H,7-8H2,1-4H3;2*1,4-5,8H,6-7H2,2-3H3;;;;;;;;;;;;;/q-2;6*-4;;;;;;;;;;;;;. The number of fused-ring (bicyclic) bond motifs is 1. The molecule has 0 saturated carbocycles. The summed E-state index contributed by atoms with van der Waals surface area (Å²) < 4.78 is 0. The second-order valence-electron chi connectivity index (χ2n) is 26.4. The minimum atomic E-state index is 0. The molecule has 0 atom stereocenters. The molecule has 0 aromatic heterocycles. The van der Waals surface area contributed by atoms with Gasteiger partial charge in [-0.2, -0.15) is 11.1 Å². The van der Waals surface area contributed by atoms with Crippen LogP contribution in [0.3, 0.4) is 0 Å². The molecule has 0 aliphatic heterocycles. The Morgan fingerprint density at radius 1 is 0.252 bits per heavy atom. The van der Waals surface area contributed by atoms with Crippen LogP contribution >= 0.6 is 0 Å². The SMILES string of the molecule is C[C-]=Cc1[c-]c(CC)c(C=[C-]C)[c-]c1CC.C[C-]=Cc1[c-]c(CC)c(C=[C-]C)[c-]c1CC.[CH-]=C(C)c1[c-]c(CC)c(C(=[CH-])C)[c-]c1CC.[CH-]=C(C)c1[c-]c(CC)c(C(=[CH-])C)[c-]c1CC.[CH-]=Cc1[c-]c(CC)c(C=[CH-])[c-]c1CC.[CH-]=Cc1[c-]c(CC)c(C=[CH-])[c-]c1CC.[CH-]=c1c(CC)c2cc(C)c(C)cc2c(CC)c1=[CH-].[Y].[Y].[Y].[Y].[Y].[Y].[Y].[Y].[Y].[Y].[Y].[Y].[Y]. The van der Waals surface area contributed by atoms with Gasteiger partial charge in [-0.15, -0.1) is 41.5 Å². The molecule has 0 amide bonds. The van der Waals surface area contributed by atoms with Crippen LogP contribution in [-0.2, 0) is 515 Å². The van der Waals surface area contributed by atoms with E-state index in [1.165, 1.54) is 55.3 Å². The van der Waals surface area contributed by atoms with Crippen molar-refractivity contribution in [1.29, 1.82) is 0 Å². The van der Waals surface area contributed by atoms with Crippen molar-refractivity contribution in [3.8, 4) is 0 Å². The van der Waals surface area contributed by atoms with Gasteiger partial charge in [0.25, 0.3) is 0 Å². The average Bonchev–Trinajstić information content (AvgIpc) is 0.760. The van der Waals surface area contributed by atoms with E-state index in [1.807, 2.05) is 79.7 Å². The van der Waals surface area contributed by atoms with Gasteiger partial charge in [0.15, 0.2) is 0 Å². The largest absolute Gasteiger partial charge is 0.344 e. The normalized spacial score (nSPS) is 9.59. The first-order chi connectivity index (χ1) is 52.6. The zero-order chi connectivity index (χ0) is 83.1. The van der Waals surface area contributed by atoms with Gasteiger partial charge in [0.05, 0.1) is 0 Å². The van der Waals surface area contributed by atoms with Gasteiger partial charge in [0.2, 0.25) is 0 Å². The Balaban J connectivity index is -0.000000115. The van der Waals surface area contributed by atoms with Gasteiger partial charge in [0, 0.05) is 425 Å². The third-order valence-corrected chi connectivity index (χ3v) is 18.8. The fourth-order valence-electron chi connectivity index (χ4n) is 12.6. The molecule has 8 aromatic carbocycles. The van der Waals surface area contributed by atoms with Gasteiger partial charge in [0.1, 0.15) is 0 Å². The summed E-state index contributed by atoms with van der Waals surface area (Å²) in [7, 11) is 0. The topological polar surface area (TPSA) is 0 Å². The summed E-state index contributed by atoms with van der Waals surface area (Å²) in [6.45, 7) is 107. The maximum Gasteiger partial charge on any atom is 0 e. The van der Waals surface area contributed by atoms with E-state index in [0.717, 1.165) is 234 Å². The quantitative estimate of drug-likeness (QED) is 0.0474. The number of benzene rings is 8. The van der Waals surface area contributed by atoms with Gasteiger partial charge in [-0.25, -0.2) is 44.5 Å². The van der Waals surface area contributed by atoms with Crippen LogP contribution in [0, 0.1) is 164 Å². The molecule has 0 unspecified atom stereocenters. The van der Waals surface area contributed by atoms with Crippen LogP contribution in [0.5, 0.6) is 0 Å². The first-order valence-corrected chi connectivity index (χ1v) is 39.3. The van der Waals surface area contributed by atoms with Gasteiger partial charge < -0.3 is 156 Å². The fourth-order valence-corrected chi connectivity index (χ4v) is 12.6. The van der Waals surface area contributed by atoms with Crippen molar-refractivity contribution in [2.45, 2.75) is 256 Å². The van der Waals surface area contributed by atoms with Crippen molar-refractivity contribution >= 4 is 94.8 Å². The number of rotatable bonds is 26. The zero-order valence-electron chi connectivity index (χ0n) is 79.0. The van der Waals surface area contributed by atoms with Crippen molar-refractivity contribution in [3.05, 3.63) is 328 Å². The maximum absolute atomic E-state index is 6.20. The Labute approximate surface area is 1080 Å². The summed E-state index contributed by atoms with van der Waals surface area (Å²) in [6.07, 6.45) is 39.3. The third kappa shape index (κ3) is 49.1. The van der Waals surface area contributed by atoms with E-state index in [4.69, 9.17) is 65.8 Å². The molecule has 123 heavy (non-hydrogen) atoms. The number of aryl methyl sites for hydroxylation is 16. The van der Waals surface area contributed by atoms with Crippen LogP contribution < -0.4 is 10.4 Å². The molecule has 625 valence electrons. The van der Waals surface area contributed by atoms with Gasteiger partial charge in [-0.1, -0.05) is 224 Å². The molecule has 0 nitrogen and oxygen atoms in total. The Bertz CT molecular complexity index is 4210. The van der Waals surface area contributed by atoms with Crippen molar-refractivity contribution in [1.82, 2.24) is 0 Å². The molecule has 0 heterocycles. The summed E-state index contributed by atoms with van der Waals surface area (Å²) in [5.74, 6) is 0. The average molecular weight is 2600 g/mol. The summed E-state index contributed by atoms with van der Waals surface area (Å²) in [6, 6.07) is 44.8. The van der Waals surface area contributed by atoms with Crippen molar-refractivity contribution in [3.63, 3.8) is 0 Å². The molecule has 8 aromatic rings. The predicted molar refractivity (Wildman–Crippen MR) is 480 cm³/mol. The molecule has 0 bridgehead atoms. The first-order valence-electron chi connectivity index (χ1n) is 39.3. The molecular formula is C110H120Y13-26. The molecule has 0 saturated heterocycles. The zero-order valence-corrected chi connectivity index (χ0v) is 116. The number of hydrogen-bond acceptors (Lipinski definition) is 0. The second kappa shape index (κ2) is 86.1. The van der Waals surface area contributed by atoms with E-state index in [2.05, 4.69) is 220 Å². The van der Waals surface area contributed by atoms with E-state index in [0.29, 0.717) is 0 Å². The monoisotopic (exact) mass is 2600 g/mol. The van der Waals surface area contributed by atoms with Gasteiger partial charge in [-0.05, 0) is 25.0 Å². The summed E-state index contributed by atoms with van der Waals surface area (Å²) >= 11 is 0. The van der Waals surface area contributed by atoms with Crippen LogP contribution in [-0.4, -0.2) is 0 Å². The number of hydrogen-bond donors (Lipinski definition) is 0. The molecule has 0 aliphatic rings. The van der Waals surface area contributed by atoms with Gasteiger partial charge >= 0.3 is 0 Å². The van der Waals surface area contributed by atoms with Crippen molar-refractivity contribution in [2.75, 3.05) is 0 Å². The van der Waals surface area contributed by atoms with E-state index in [9.17, 15) is 0 Å². The van der Waals surface area contributed by atoms with Crippen molar-refractivity contribution < 1.29 is 425 Å². The molecule has 0 N–H and O–H groups in total. The summed E-state index contributed by atoms with van der Waals surface area (Å²) in [5.41, 5.74) is 33.8. The minimum absolute atomic E-state index is 0. The Morgan fingerprint density at radius 3 is 0.520 bits per heavy atom. The van der Waals surface area contributed by atoms with Crippen LogP contribution in [0.1, 0.15) is 308 Å². The molecule has 13 radical (unpaired) electrons. The van der Waals surface area contributed by atoms with Crippen LogP contribution in [0.2, 0.25) is 0 Å². The van der Waals surface area contributed by atoms with E-state index < -0.39 is 0 Å². The summed E-state index contributed by atoms with van der Waals surface area (Å²) in [5, 5.41) is 4.07. The number of allylic oxidation sites excluding steroid dienone is 8. The Kier molecular flexibility index (Phi) is 107. The Morgan fingerprint density at radius 2 is 0.398 bits per heavy atom. The Hall–Kier alpha value is 4.99. The van der Waals surface area contributed by atoms with Crippen LogP contribution in [0.15, 0.2) is 12.1 Å². The molecule has 0 aliphatic carbocycles. The molecular weight excluding hydrogens is 2480 g/mol. The summed E-state index contributed by atoms with van der Waals surface area (Å²) in [4.78, 5) is 0. The predicted octanol–water partition coefficient (Wildman–Crippen LogP) is 26.1. The van der Waals surface area contributed by atoms with Crippen LogP contribution in [0.4, 0.5) is 0 Å². The smallest absolute Gasteiger partial charge is 0 e. The first kappa shape index (κ1) is 153. The molecule has 13 heteroatoms. The maximum atomic E-state index is 6.20. The van der Waals surface area contributed by atoms with Crippen molar-refractivity contribution in [2.24, 2.45) is 0 Å². The van der Waals surface area contributed by atoms with Gasteiger partial charge in [-0.3, -0.25) is 177 Å². The molecule has 0 spiro atoms. The second-order valence-corrected chi connectivity index (χ2v) is 26.4. The molecule has 0 fully saturated rings. The van der Waals surface area contributed by atoms with Crippen LogP contribution in [0.25, 0.3) is 94.8 Å². The molecule has 8 rings (SSSR count). The van der Waals surface area contributed by atoms with E-state index >= 15 is 0 Å². The fraction of sp³-hybridized carbons (Fsp3) is 0.345. The van der Waals surface area contributed by atoms with E-state index in [1.54, 1.807) is 24.3 Å². The minimum Gasteiger partial charge on any atom is -0.344 e.